The van der Waals surface area contributed by atoms with Gasteiger partial charge in [-0.3, -0.25) is 9.59 Å². The molecule has 0 fully saturated rings. The SMILES string of the molecule is CCOC(=O)OC(C)OC(=O)CCCCCCCCCC(=O)OC(C)OC(=O)OCC. The van der Waals surface area contributed by atoms with E-state index >= 15 is 0 Å². The molecule has 0 amide bonds. The summed E-state index contributed by atoms with van der Waals surface area (Å²) in [6.07, 6.45) is 2.92. The van der Waals surface area contributed by atoms with Crippen LogP contribution in [0.5, 0.6) is 0 Å². The van der Waals surface area contributed by atoms with Crippen molar-refractivity contribution in [2.75, 3.05) is 13.2 Å². The predicted octanol–water partition coefficient (Wildman–Crippen LogP) is 4.62. The lowest BCUT2D eigenvalue weighted by Gasteiger charge is -2.13. The standard InChI is InChI=1S/C21H36O10/c1-5-26-20(24)30-16(3)28-18(22)14-12-10-8-7-9-11-13-15-19(23)29-17(4)31-21(25)27-6-2/h16-17H,5-15H2,1-4H3. The van der Waals surface area contributed by atoms with Gasteiger partial charge in [0.2, 0.25) is 12.6 Å². The highest BCUT2D eigenvalue weighted by molar-refractivity contribution is 5.70. The Hall–Kier alpha value is -2.52. The normalized spacial score (nSPS) is 12.3. The second kappa shape index (κ2) is 18.3. The van der Waals surface area contributed by atoms with Crippen LogP contribution in [-0.4, -0.2) is 50.0 Å². The molecule has 0 heterocycles. The van der Waals surface area contributed by atoms with Gasteiger partial charge < -0.3 is 28.4 Å². The van der Waals surface area contributed by atoms with E-state index in [9.17, 15) is 19.2 Å². The number of hydrogen-bond donors (Lipinski definition) is 0. The predicted molar refractivity (Wildman–Crippen MR) is 109 cm³/mol. The molecule has 2 unspecified atom stereocenters. The van der Waals surface area contributed by atoms with E-state index in [0.29, 0.717) is 12.8 Å². The molecule has 0 aliphatic heterocycles. The Labute approximate surface area is 183 Å². The zero-order valence-electron chi connectivity index (χ0n) is 19.0. The Bertz CT molecular complexity index is 488. The number of unbranched alkanes of at least 4 members (excludes halogenated alkanes) is 6. The zero-order chi connectivity index (χ0) is 23.5. The minimum absolute atomic E-state index is 0.189. The molecule has 0 bridgehead atoms. The molecule has 0 aromatic carbocycles. The Kier molecular flexibility index (Phi) is 16.8. The molecule has 0 radical (unpaired) electrons. The maximum absolute atomic E-state index is 11.7. The van der Waals surface area contributed by atoms with Crippen molar-refractivity contribution in [3.8, 4) is 0 Å². The van der Waals surface area contributed by atoms with Gasteiger partial charge in [0.25, 0.3) is 0 Å². The molecular weight excluding hydrogens is 412 g/mol. The van der Waals surface area contributed by atoms with Crippen LogP contribution >= 0.6 is 0 Å². The summed E-state index contributed by atoms with van der Waals surface area (Å²) in [6, 6.07) is 0. The third-order valence-corrected chi connectivity index (χ3v) is 3.91. The van der Waals surface area contributed by atoms with Gasteiger partial charge in [-0.05, 0) is 26.7 Å². The maximum Gasteiger partial charge on any atom is 0.511 e. The van der Waals surface area contributed by atoms with Crippen LogP contribution in [0.1, 0.15) is 85.5 Å². The first-order chi connectivity index (χ1) is 14.8. The van der Waals surface area contributed by atoms with Crippen LogP contribution < -0.4 is 0 Å². The van der Waals surface area contributed by atoms with E-state index in [0.717, 1.165) is 32.1 Å². The number of esters is 2. The zero-order valence-corrected chi connectivity index (χ0v) is 19.0. The third-order valence-electron chi connectivity index (χ3n) is 3.91. The number of rotatable bonds is 16. The summed E-state index contributed by atoms with van der Waals surface area (Å²) < 4.78 is 28.6. The maximum atomic E-state index is 11.7. The lowest BCUT2D eigenvalue weighted by atomic mass is 10.1. The molecule has 0 aliphatic carbocycles. The van der Waals surface area contributed by atoms with Crippen LogP contribution in [-0.2, 0) is 38.0 Å². The molecule has 0 N–H and O–H groups in total. The first kappa shape index (κ1) is 28.5. The van der Waals surface area contributed by atoms with Crippen LogP contribution in [0.4, 0.5) is 9.59 Å². The second-order valence-corrected chi connectivity index (χ2v) is 6.69. The molecule has 0 rings (SSSR count). The molecule has 2 atom stereocenters. The summed E-state index contributed by atoms with van der Waals surface area (Å²) in [6.45, 7) is 6.60. The van der Waals surface area contributed by atoms with Crippen LogP contribution in [0.15, 0.2) is 0 Å². The van der Waals surface area contributed by atoms with Crippen molar-refractivity contribution in [3.05, 3.63) is 0 Å². The molecule has 0 saturated carbocycles. The molecule has 0 aromatic rings. The lowest BCUT2D eigenvalue weighted by molar-refractivity contribution is -0.169. The Morgan fingerprint density at radius 1 is 0.548 bits per heavy atom. The van der Waals surface area contributed by atoms with E-state index < -0.39 is 36.8 Å². The topological polar surface area (TPSA) is 124 Å². The van der Waals surface area contributed by atoms with Gasteiger partial charge in [0.15, 0.2) is 0 Å². The minimum Gasteiger partial charge on any atom is -0.435 e. The van der Waals surface area contributed by atoms with Crippen molar-refractivity contribution in [1.82, 2.24) is 0 Å². The Morgan fingerprint density at radius 2 is 0.871 bits per heavy atom. The first-order valence-electron chi connectivity index (χ1n) is 10.8. The fourth-order valence-electron chi connectivity index (χ4n) is 2.53. The highest BCUT2D eigenvalue weighted by Crippen LogP contribution is 2.11. The number of carbonyl (C=O) groups excluding carboxylic acids is 4. The van der Waals surface area contributed by atoms with E-state index in [2.05, 4.69) is 9.47 Å². The fraction of sp³-hybridized carbons (Fsp3) is 0.810. The van der Waals surface area contributed by atoms with Gasteiger partial charge in [-0.2, -0.15) is 0 Å². The summed E-state index contributed by atoms with van der Waals surface area (Å²) in [4.78, 5) is 45.5. The highest BCUT2D eigenvalue weighted by Gasteiger charge is 2.15. The van der Waals surface area contributed by atoms with Gasteiger partial charge in [0.05, 0.1) is 13.2 Å². The lowest BCUT2D eigenvalue weighted by Crippen LogP contribution is -2.22. The van der Waals surface area contributed by atoms with Gasteiger partial charge in [-0.15, -0.1) is 0 Å². The average Bonchev–Trinajstić information content (AvgIpc) is 2.66. The van der Waals surface area contributed by atoms with Crippen molar-refractivity contribution in [1.29, 1.82) is 0 Å². The van der Waals surface area contributed by atoms with Gasteiger partial charge >= 0.3 is 24.2 Å². The summed E-state index contributed by atoms with van der Waals surface area (Å²) in [5.41, 5.74) is 0. The molecule has 0 aromatic heterocycles. The van der Waals surface area contributed by atoms with Crippen molar-refractivity contribution in [2.45, 2.75) is 98.1 Å². The average molecular weight is 449 g/mol. The molecule has 0 aliphatic rings. The van der Waals surface area contributed by atoms with Gasteiger partial charge in [0, 0.05) is 26.7 Å². The molecule has 0 saturated heterocycles. The third kappa shape index (κ3) is 18.0. The van der Waals surface area contributed by atoms with E-state index in [-0.39, 0.29) is 26.1 Å². The summed E-state index contributed by atoms with van der Waals surface area (Å²) >= 11 is 0. The summed E-state index contributed by atoms with van der Waals surface area (Å²) in [7, 11) is 0. The van der Waals surface area contributed by atoms with Crippen molar-refractivity contribution in [2.24, 2.45) is 0 Å². The monoisotopic (exact) mass is 448 g/mol. The van der Waals surface area contributed by atoms with Crippen LogP contribution in [0, 0.1) is 0 Å². The largest absolute Gasteiger partial charge is 0.511 e. The Morgan fingerprint density at radius 3 is 1.19 bits per heavy atom. The molecule has 0 spiro atoms. The number of ether oxygens (including phenoxy) is 6. The smallest absolute Gasteiger partial charge is 0.435 e. The Balaban J connectivity index is 3.58. The summed E-state index contributed by atoms with van der Waals surface area (Å²) in [5, 5.41) is 0. The van der Waals surface area contributed by atoms with Gasteiger partial charge in [0.1, 0.15) is 0 Å². The van der Waals surface area contributed by atoms with Crippen molar-refractivity contribution >= 4 is 24.2 Å². The number of carbonyl (C=O) groups is 4. The molecule has 10 nitrogen and oxygen atoms in total. The fourth-order valence-corrected chi connectivity index (χ4v) is 2.53. The summed E-state index contributed by atoms with van der Waals surface area (Å²) in [5.74, 6) is -0.840. The molecular formula is C21H36O10. The van der Waals surface area contributed by atoms with E-state index in [4.69, 9.17) is 18.9 Å². The van der Waals surface area contributed by atoms with E-state index in [1.807, 2.05) is 0 Å². The van der Waals surface area contributed by atoms with E-state index in [1.165, 1.54) is 13.8 Å². The highest BCUT2D eigenvalue weighted by atomic mass is 16.8. The van der Waals surface area contributed by atoms with E-state index in [1.54, 1.807) is 13.8 Å². The van der Waals surface area contributed by atoms with Crippen molar-refractivity contribution < 1.29 is 47.6 Å². The molecule has 10 heteroatoms. The van der Waals surface area contributed by atoms with Crippen LogP contribution in [0.25, 0.3) is 0 Å². The first-order valence-corrected chi connectivity index (χ1v) is 10.8. The minimum atomic E-state index is -0.974. The number of hydrogen-bond acceptors (Lipinski definition) is 10. The second-order valence-electron chi connectivity index (χ2n) is 6.69. The molecule has 31 heavy (non-hydrogen) atoms. The van der Waals surface area contributed by atoms with Crippen LogP contribution in [0.3, 0.4) is 0 Å². The quantitative estimate of drug-likeness (QED) is 0.143. The van der Waals surface area contributed by atoms with Gasteiger partial charge in [-0.25, -0.2) is 9.59 Å². The van der Waals surface area contributed by atoms with Crippen molar-refractivity contribution in [3.63, 3.8) is 0 Å². The molecule has 180 valence electrons. The van der Waals surface area contributed by atoms with Gasteiger partial charge in [-0.1, -0.05) is 32.1 Å². The van der Waals surface area contributed by atoms with Crippen LogP contribution in [0.2, 0.25) is 0 Å².